The van der Waals surface area contributed by atoms with Crippen molar-refractivity contribution in [3.63, 3.8) is 0 Å². The summed E-state index contributed by atoms with van der Waals surface area (Å²) in [5.74, 6) is 1.61. The fourth-order valence-electron chi connectivity index (χ4n) is 2.88. The Morgan fingerprint density at radius 3 is 2.48 bits per heavy atom. The van der Waals surface area contributed by atoms with E-state index < -0.39 is 0 Å². The highest BCUT2D eigenvalue weighted by Crippen LogP contribution is 2.31. The maximum atomic E-state index is 4.74. The summed E-state index contributed by atoms with van der Waals surface area (Å²) < 4.78 is 1.99. The minimum Gasteiger partial charge on any atom is -0.339 e. The standard InChI is InChI=1S/C21H20N4/c1-14-5-8-17(9-6-14)19-20(25-12-4-11-22-21(25)24-19)23-18-10-7-15(2)16(3)13-18/h4-13,23H,1-3H3. The Morgan fingerprint density at radius 2 is 1.72 bits per heavy atom. The van der Waals surface area contributed by atoms with Crippen LogP contribution in [-0.4, -0.2) is 14.4 Å². The molecule has 0 bridgehead atoms. The van der Waals surface area contributed by atoms with Gasteiger partial charge in [0, 0.05) is 23.6 Å². The molecule has 2 aromatic carbocycles. The first-order chi connectivity index (χ1) is 12.1. The van der Waals surface area contributed by atoms with Gasteiger partial charge in [-0.3, -0.25) is 4.40 Å². The van der Waals surface area contributed by atoms with Crippen LogP contribution in [0.1, 0.15) is 16.7 Å². The first-order valence-electron chi connectivity index (χ1n) is 8.36. The minimum atomic E-state index is 0.685. The van der Waals surface area contributed by atoms with Crippen LogP contribution in [0.2, 0.25) is 0 Å². The molecule has 0 aliphatic heterocycles. The molecule has 0 unspecified atom stereocenters. The average molecular weight is 328 g/mol. The summed E-state index contributed by atoms with van der Waals surface area (Å²) in [6.07, 6.45) is 3.75. The van der Waals surface area contributed by atoms with E-state index in [1.165, 1.54) is 16.7 Å². The van der Waals surface area contributed by atoms with E-state index in [1.807, 2.05) is 16.7 Å². The Hall–Kier alpha value is -3.14. The van der Waals surface area contributed by atoms with Gasteiger partial charge in [0.05, 0.1) is 0 Å². The van der Waals surface area contributed by atoms with Crippen molar-refractivity contribution in [1.82, 2.24) is 14.4 Å². The van der Waals surface area contributed by atoms with Crippen molar-refractivity contribution in [3.8, 4) is 11.3 Å². The molecule has 0 atom stereocenters. The summed E-state index contributed by atoms with van der Waals surface area (Å²) in [5.41, 5.74) is 6.79. The van der Waals surface area contributed by atoms with Crippen LogP contribution in [-0.2, 0) is 0 Å². The Morgan fingerprint density at radius 1 is 0.920 bits per heavy atom. The van der Waals surface area contributed by atoms with Crippen molar-refractivity contribution in [3.05, 3.63) is 77.6 Å². The number of imidazole rings is 1. The minimum absolute atomic E-state index is 0.685. The molecular weight excluding hydrogens is 308 g/mol. The van der Waals surface area contributed by atoms with Gasteiger partial charge in [-0.25, -0.2) is 9.97 Å². The van der Waals surface area contributed by atoms with Crippen molar-refractivity contribution in [2.24, 2.45) is 0 Å². The van der Waals surface area contributed by atoms with Gasteiger partial charge in [0.1, 0.15) is 11.5 Å². The lowest BCUT2D eigenvalue weighted by molar-refractivity contribution is 1.11. The molecule has 2 heterocycles. The second-order valence-corrected chi connectivity index (χ2v) is 6.39. The molecule has 0 saturated heterocycles. The summed E-state index contributed by atoms with van der Waals surface area (Å²) >= 11 is 0. The molecule has 124 valence electrons. The first kappa shape index (κ1) is 15.4. The van der Waals surface area contributed by atoms with Crippen LogP contribution in [0, 0.1) is 20.8 Å². The van der Waals surface area contributed by atoms with Gasteiger partial charge >= 0.3 is 0 Å². The van der Waals surface area contributed by atoms with Crippen LogP contribution >= 0.6 is 0 Å². The van der Waals surface area contributed by atoms with Crippen LogP contribution in [0.15, 0.2) is 60.9 Å². The van der Waals surface area contributed by atoms with Gasteiger partial charge in [-0.05, 0) is 50.1 Å². The molecule has 0 radical (unpaired) electrons. The van der Waals surface area contributed by atoms with E-state index >= 15 is 0 Å². The molecule has 25 heavy (non-hydrogen) atoms. The van der Waals surface area contributed by atoms with Crippen molar-refractivity contribution in [1.29, 1.82) is 0 Å². The molecule has 0 fully saturated rings. The summed E-state index contributed by atoms with van der Waals surface area (Å²) in [6, 6.07) is 16.7. The smallest absolute Gasteiger partial charge is 0.235 e. The molecule has 0 saturated carbocycles. The molecule has 0 spiro atoms. The summed E-state index contributed by atoms with van der Waals surface area (Å²) in [4.78, 5) is 9.13. The van der Waals surface area contributed by atoms with Gasteiger partial charge in [-0.15, -0.1) is 0 Å². The second kappa shape index (κ2) is 6.06. The van der Waals surface area contributed by atoms with Crippen molar-refractivity contribution in [2.45, 2.75) is 20.8 Å². The van der Waals surface area contributed by atoms with E-state index in [-0.39, 0.29) is 0 Å². The number of hydrogen-bond donors (Lipinski definition) is 1. The number of hydrogen-bond acceptors (Lipinski definition) is 3. The van der Waals surface area contributed by atoms with Crippen LogP contribution in [0.3, 0.4) is 0 Å². The number of benzene rings is 2. The molecule has 4 aromatic rings. The molecule has 4 heteroatoms. The van der Waals surface area contributed by atoms with E-state index in [4.69, 9.17) is 4.98 Å². The van der Waals surface area contributed by atoms with Gasteiger partial charge in [0.2, 0.25) is 5.78 Å². The fraction of sp³-hybridized carbons (Fsp3) is 0.143. The normalized spacial score (nSPS) is 11.0. The molecular formula is C21H20N4. The van der Waals surface area contributed by atoms with Crippen molar-refractivity contribution in [2.75, 3.05) is 5.32 Å². The molecule has 0 amide bonds. The Kier molecular flexibility index (Phi) is 3.73. The van der Waals surface area contributed by atoms with E-state index in [1.54, 1.807) is 6.20 Å². The molecule has 0 aliphatic rings. The van der Waals surface area contributed by atoms with Crippen LogP contribution in [0.4, 0.5) is 11.5 Å². The van der Waals surface area contributed by atoms with Crippen molar-refractivity contribution < 1.29 is 0 Å². The zero-order valence-corrected chi connectivity index (χ0v) is 14.6. The predicted octanol–water partition coefficient (Wildman–Crippen LogP) is 5.07. The van der Waals surface area contributed by atoms with Gasteiger partial charge in [0.15, 0.2) is 0 Å². The fourth-order valence-corrected chi connectivity index (χ4v) is 2.88. The molecule has 4 rings (SSSR count). The summed E-state index contributed by atoms with van der Waals surface area (Å²) in [5, 5.41) is 3.54. The van der Waals surface area contributed by atoms with Gasteiger partial charge in [-0.2, -0.15) is 0 Å². The van der Waals surface area contributed by atoms with E-state index in [9.17, 15) is 0 Å². The largest absolute Gasteiger partial charge is 0.339 e. The second-order valence-electron chi connectivity index (χ2n) is 6.39. The first-order valence-corrected chi connectivity index (χ1v) is 8.36. The van der Waals surface area contributed by atoms with Gasteiger partial charge in [0.25, 0.3) is 0 Å². The quantitative estimate of drug-likeness (QED) is 0.571. The van der Waals surface area contributed by atoms with Crippen LogP contribution in [0.25, 0.3) is 17.0 Å². The Bertz CT molecular complexity index is 1050. The highest BCUT2D eigenvalue weighted by atomic mass is 15.2. The monoisotopic (exact) mass is 328 g/mol. The molecule has 2 aromatic heterocycles. The maximum Gasteiger partial charge on any atom is 0.235 e. The SMILES string of the molecule is Cc1ccc(-c2nc3ncccn3c2Nc2ccc(C)c(C)c2)cc1. The Balaban J connectivity index is 1.87. The number of nitrogens with zero attached hydrogens (tertiary/aromatic N) is 3. The molecule has 1 N–H and O–H groups in total. The third-order valence-electron chi connectivity index (χ3n) is 4.50. The highest BCUT2D eigenvalue weighted by molar-refractivity contribution is 5.79. The third kappa shape index (κ3) is 2.87. The van der Waals surface area contributed by atoms with Crippen LogP contribution in [0.5, 0.6) is 0 Å². The summed E-state index contributed by atoms with van der Waals surface area (Å²) in [6.45, 7) is 6.33. The maximum absolute atomic E-state index is 4.74. The summed E-state index contributed by atoms with van der Waals surface area (Å²) in [7, 11) is 0. The number of rotatable bonds is 3. The Labute approximate surface area is 147 Å². The number of fused-ring (bicyclic) bond motifs is 1. The van der Waals surface area contributed by atoms with E-state index in [0.717, 1.165) is 22.8 Å². The lowest BCUT2D eigenvalue weighted by atomic mass is 10.1. The van der Waals surface area contributed by atoms with Gasteiger partial charge in [-0.1, -0.05) is 35.9 Å². The van der Waals surface area contributed by atoms with Gasteiger partial charge < -0.3 is 5.32 Å². The highest BCUT2D eigenvalue weighted by Gasteiger charge is 2.15. The number of nitrogens with one attached hydrogen (secondary N) is 1. The van der Waals surface area contributed by atoms with E-state index in [2.05, 4.69) is 73.5 Å². The zero-order chi connectivity index (χ0) is 17.4. The van der Waals surface area contributed by atoms with Crippen LogP contribution < -0.4 is 5.32 Å². The molecule has 4 nitrogen and oxygen atoms in total. The average Bonchev–Trinajstić information content (AvgIpc) is 2.97. The number of aryl methyl sites for hydroxylation is 3. The lowest BCUT2D eigenvalue weighted by Gasteiger charge is -2.10. The number of anilines is 2. The predicted molar refractivity (Wildman–Crippen MR) is 102 cm³/mol. The topological polar surface area (TPSA) is 42.2 Å². The molecule has 0 aliphatic carbocycles. The lowest BCUT2D eigenvalue weighted by Crippen LogP contribution is -1.98. The van der Waals surface area contributed by atoms with E-state index in [0.29, 0.717) is 5.78 Å². The zero-order valence-electron chi connectivity index (χ0n) is 14.6. The third-order valence-corrected chi connectivity index (χ3v) is 4.50. The number of aromatic nitrogens is 3. The van der Waals surface area contributed by atoms with Crippen molar-refractivity contribution >= 4 is 17.3 Å².